The van der Waals surface area contributed by atoms with E-state index in [1.54, 1.807) is 0 Å². The summed E-state index contributed by atoms with van der Waals surface area (Å²) < 4.78 is 8.28. The summed E-state index contributed by atoms with van der Waals surface area (Å²) in [7, 11) is 0. The van der Waals surface area contributed by atoms with Crippen LogP contribution in [0.3, 0.4) is 0 Å². The Morgan fingerprint density at radius 1 is 1.25 bits per heavy atom. The molecule has 0 aliphatic heterocycles. The first-order chi connectivity index (χ1) is 1.00. The zero-order valence-corrected chi connectivity index (χ0v) is 3.83. The molecule has 0 fully saturated rings. The number of hydrogen-bond donors (Lipinski definition) is 0. The van der Waals surface area contributed by atoms with Crippen LogP contribution in [-0.2, 0) is 20.3 Å². The van der Waals surface area contributed by atoms with Crippen LogP contribution in [0, 0.1) is 0 Å². The predicted molar refractivity (Wildman–Crippen MR) is 16.4 cm³/mol. The van der Waals surface area contributed by atoms with Crippen molar-refractivity contribution in [2.75, 3.05) is 0 Å². The van der Waals surface area contributed by atoms with Crippen LogP contribution >= 0.6 is 0 Å². The van der Waals surface area contributed by atoms with E-state index >= 15 is 0 Å². The minimum atomic E-state index is 0. The third-order valence-electron chi connectivity index (χ3n) is 0. The Balaban J connectivity index is -0.00000000500. The van der Waals surface area contributed by atoms with Gasteiger partial charge in [-0.3, -0.25) is 0 Å². The Bertz CT molecular complexity index is 8.00. The van der Waals surface area contributed by atoms with E-state index in [0.717, 1.165) is 0 Å². The third-order valence-corrected chi connectivity index (χ3v) is 0. The van der Waals surface area contributed by atoms with Crippen molar-refractivity contribution in [3.8, 4) is 0 Å². The maximum atomic E-state index is 8.28. The Morgan fingerprint density at radius 2 is 1.25 bits per heavy atom. The van der Waals surface area contributed by atoms with Crippen LogP contribution in [0.5, 0.6) is 0 Å². The molecule has 0 aliphatic carbocycles. The fourth-order valence-corrected chi connectivity index (χ4v) is 0. The van der Waals surface area contributed by atoms with Crippen molar-refractivity contribution < 1.29 is 20.3 Å². The molecule has 0 spiro atoms. The van der Waals surface area contributed by atoms with Crippen LogP contribution < -0.4 is 0 Å². The van der Waals surface area contributed by atoms with Crippen molar-refractivity contribution in [3.05, 3.63) is 0 Å². The van der Waals surface area contributed by atoms with Crippen molar-refractivity contribution in [3.63, 3.8) is 0 Å². The summed E-state index contributed by atoms with van der Waals surface area (Å²) >= 11 is 0.611. The zero-order chi connectivity index (χ0) is 2.00. The molecule has 0 saturated carbocycles. The molecule has 4 heteroatoms. The van der Waals surface area contributed by atoms with E-state index in [2.05, 4.69) is 0 Å². The van der Waals surface area contributed by atoms with Crippen LogP contribution in [0.2, 0.25) is 0 Å². The average Bonchev–Trinajstić information content (AvgIpc) is 1.00. The third kappa shape index (κ3) is 8.94. The standard InChI is InChI=1S/Al.Ca.Ni.O.3H. The summed E-state index contributed by atoms with van der Waals surface area (Å²) in [6.45, 7) is 0. The van der Waals surface area contributed by atoms with Crippen molar-refractivity contribution in [1.29, 1.82) is 0 Å². The quantitative estimate of drug-likeness (QED) is 0.371. The Kier molecular flexibility index (Phi) is 80.7. The van der Waals surface area contributed by atoms with E-state index < -0.39 is 0 Å². The second kappa shape index (κ2) is 19.5. The molecule has 0 N–H and O–H groups in total. The second-order valence-corrected chi connectivity index (χ2v) is 0. The van der Waals surface area contributed by atoms with E-state index in [9.17, 15) is 0 Å². The first kappa shape index (κ1) is 16.5. The fraction of sp³-hybridized carbons (Fsp3) is 0. The molecule has 1 nitrogen and oxygen atoms in total. The molecule has 0 aromatic rings. The molecular formula is H3AlCaNiO. The van der Waals surface area contributed by atoms with Crippen LogP contribution in [0.25, 0.3) is 0 Å². The van der Waals surface area contributed by atoms with Crippen LogP contribution in [-0.4, -0.2) is 54.0 Å². The minimum absolute atomic E-state index is 0. The van der Waals surface area contributed by atoms with Gasteiger partial charge in [-0.1, -0.05) is 0 Å². The van der Waals surface area contributed by atoms with Gasteiger partial charge in [-0.05, 0) is 0 Å². The van der Waals surface area contributed by atoms with Gasteiger partial charge >= 0.3 is 57.8 Å². The molecule has 0 radical (unpaired) electrons. The molecule has 4 heavy (non-hydrogen) atoms. The molecule has 0 amide bonds. The molecule has 0 heterocycles. The van der Waals surface area contributed by atoms with E-state index in [4.69, 9.17) is 3.80 Å². The summed E-state index contributed by atoms with van der Waals surface area (Å²) in [4.78, 5) is 0. The van der Waals surface area contributed by atoms with Gasteiger partial charge in [0.1, 0.15) is 0 Å². The van der Waals surface area contributed by atoms with E-state index in [1.807, 2.05) is 0 Å². The second-order valence-electron chi connectivity index (χ2n) is 0. The molecule has 0 aromatic heterocycles. The molecule has 0 saturated heterocycles. The van der Waals surface area contributed by atoms with Crippen LogP contribution in [0.4, 0.5) is 0 Å². The summed E-state index contributed by atoms with van der Waals surface area (Å²) in [6.07, 6.45) is 0. The summed E-state index contributed by atoms with van der Waals surface area (Å²) in [5, 5.41) is 0. The van der Waals surface area contributed by atoms with Gasteiger partial charge in [-0.2, -0.15) is 0 Å². The van der Waals surface area contributed by atoms with Crippen LogP contribution in [0.1, 0.15) is 0 Å². The van der Waals surface area contributed by atoms with Crippen molar-refractivity contribution >= 4 is 54.0 Å². The van der Waals surface area contributed by atoms with Gasteiger partial charge in [-0.15, -0.1) is 0 Å². The van der Waals surface area contributed by atoms with E-state index in [0.29, 0.717) is 16.2 Å². The number of hydrogen-bond acceptors (Lipinski definition) is 1. The topological polar surface area (TPSA) is 17.1 Å². The van der Waals surface area contributed by atoms with Gasteiger partial charge in [0.15, 0.2) is 0 Å². The van der Waals surface area contributed by atoms with Crippen molar-refractivity contribution in [2.24, 2.45) is 0 Å². The molecule has 0 unspecified atom stereocenters. The summed E-state index contributed by atoms with van der Waals surface area (Å²) in [5.74, 6) is 0. The molecule has 0 aromatic carbocycles. The molecule has 0 bridgehead atoms. The molecular weight excluding hydrogens is 142 g/mol. The molecule has 24 valence electrons. The van der Waals surface area contributed by atoms with Crippen molar-refractivity contribution in [2.45, 2.75) is 0 Å². The SMILES string of the molecule is [CaH2].[Ni].[O]=[AlH]. The predicted octanol–water partition coefficient (Wildman–Crippen LogP) is -1.69. The normalized spacial score (nSPS) is 0.750. The van der Waals surface area contributed by atoms with Gasteiger partial charge in [-0.25, -0.2) is 0 Å². The van der Waals surface area contributed by atoms with Gasteiger partial charge in [0, 0.05) is 16.5 Å². The Morgan fingerprint density at radius 3 is 1.25 bits per heavy atom. The summed E-state index contributed by atoms with van der Waals surface area (Å²) in [5.41, 5.74) is 0. The van der Waals surface area contributed by atoms with Gasteiger partial charge in [0.05, 0.1) is 0 Å². The zero-order valence-electron chi connectivity index (χ0n) is 1.43. The summed E-state index contributed by atoms with van der Waals surface area (Å²) in [6, 6.07) is 0. The van der Waals surface area contributed by atoms with Crippen LogP contribution in [0.15, 0.2) is 0 Å². The first-order valence-electron chi connectivity index (χ1n) is 0.289. The van der Waals surface area contributed by atoms with Gasteiger partial charge in [0.2, 0.25) is 0 Å². The molecule has 0 rings (SSSR count). The van der Waals surface area contributed by atoms with Crippen molar-refractivity contribution in [1.82, 2.24) is 0 Å². The molecule has 0 aliphatic rings. The monoisotopic (exact) mass is 144 g/mol. The Labute approximate surface area is 73.1 Å². The first-order valence-corrected chi connectivity index (χ1v) is 0.866. The number of rotatable bonds is 0. The Hall–Kier alpha value is 2.09. The van der Waals surface area contributed by atoms with Gasteiger partial charge < -0.3 is 0 Å². The van der Waals surface area contributed by atoms with Gasteiger partial charge in [0.25, 0.3) is 0 Å². The maximum absolute atomic E-state index is 8.28. The van der Waals surface area contributed by atoms with E-state index in [1.165, 1.54) is 0 Å². The average molecular weight is 145 g/mol. The molecule has 0 atom stereocenters. The van der Waals surface area contributed by atoms with E-state index in [-0.39, 0.29) is 54.2 Å². The fourth-order valence-electron chi connectivity index (χ4n) is 0.